The van der Waals surface area contributed by atoms with Crippen molar-refractivity contribution < 1.29 is 18.9 Å². The van der Waals surface area contributed by atoms with Gasteiger partial charge in [0.15, 0.2) is 12.6 Å². The summed E-state index contributed by atoms with van der Waals surface area (Å²) in [4.78, 5) is 24.4. The van der Waals surface area contributed by atoms with E-state index in [1.54, 1.807) is 12.1 Å². The van der Waals surface area contributed by atoms with Gasteiger partial charge in [0, 0.05) is 6.54 Å². The van der Waals surface area contributed by atoms with Gasteiger partial charge in [-0.25, -0.2) is 4.39 Å². The maximum Gasteiger partial charge on any atom is 0.278 e. The quantitative estimate of drug-likeness (QED) is 0.645. The van der Waals surface area contributed by atoms with Gasteiger partial charge in [0.2, 0.25) is 0 Å². The summed E-state index contributed by atoms with van der Waals surface area (Å²) in [6, 6.07) is 6.01. The van der Waals surface area contributed by atoms with Crippen molar-refractivity contribution in [1.82, 2.24) is 10.6 Å². The molecule has 1 unspecified atom stereocenters. The van der Waals surface area contributed by atoms with Crippen LogP contribution in [0, 0.1) is 5.82 Å². The number of quaternary nitrogens is 1. The number of rotatable bonds is 5. The van der Waals surface area contributed by atoms with Crippen LogP contribution >= 0.6 is 0 Å². The third-order valence-corrected chi connectivity index (χ3v) is 3.79. The SMILES string of the molecule is C[C@@H](C(=O)NCCc1ccc(F)cc1)[NH+]1CCNC(=O)C1. The molecule has 6 heteroatoms. The van der Waals surface area contributed by atoms with Crippen LogP contribution in [0.2, 0.25) is 0 Å². The minimum Gasteiger partial charge on any atom is -0.351 e. The molecule has 0 radical (unpaired) electrons. The predicted molar refractivity (Wildman–Crippen MR) is 76.3 cm³/mol. The third kappa shape index (κ3) is 4.53. The Morgan fingerprint density at radius 1 is 1.43 bits per heavy atom. The van der Waals surface area contributed by atoms with Gasteiger partial charge < -0.3 is 15.5 Å². The summed E-state index contributed by atoms with van der Waals surface area (Å²) in [6.07, 6.45) is 0.661. The molecule has 1 aromatic carbocycles. The molecule has 3 N–H and O–H groups in total. The van der Waals surface area contributed by atoms with E-state index < -0.39 is 0 Å². The van der Waals surface area contributed by atoms with Gasteiger partial charge in [0.1, 0.15) is 5.82 Å². The Hall–Kier alpha value is -1.95. The van der Waals surface area contributed by atoms with Crippen LogP contribution in [0.4, 0.5) is 4.39 Å². The summed E-state index contributed by atoms with van der Waals surface area (Å²) in [7, 11) is 0. The Labute approximate surface area is 123 Å². The fourth-order valence-electron chi connectivity index (χ4n) is 2.41. The van der Waals surface area contributed by atoms with Crippen molar-refractivity contribution in [2.45, 2.75) is 19.4 Å². The molecule has 21 heavy (non-hydrogen) atoms. The van der Waals surface area contributed by atoms with Crippen LogP contribution < -0.4 is 15.5 Å². The maximum atomic E-state index is 12.8. The molecule has 0 aromatic heterocycles. The van der Waals surface area contributed by atoms with Gasteiger partial charge in [0.05, 0.1) is 13.1 Å². The van der Waals surface area contributed by atoms with E-state index >= 15 is 0 Å². The van der Waals surface area contributed by atoms with Crippen LogP contribution in [-0.2, 0) is 16.0 Å². The monoisotopic (exact) mass is 294 g/mol. The molecule has 2 atom stereocenters. The Bertz CT molecular complexity index is 504. The van der Waals surface area contributed by atoms with E-state index in [4.69, 9.17) is 0 Å². The molecule has 1 heterocycles. The Kier molecular flexibility index (Phi) is 5.27. The lowest BCUT2D eigenvalue weighted by molar-refractivity contribution is -0.907. The fourth-order valence-corrected chi connectivity index (χ4v) is 2.41. The van der Waals surface area contributed by atoms with Crippen molar-refractivity contribution in [1.29, 1.82) is 0 Å². The first-order valence-electron chi connectivity index (χ1n) is 7.19. The number of nitrogens with one attached hydrogen (secondary N) is 3. The minimum absolute atomic E-state index is 0.0118. The average molecular weight is 294 g/mol. The molecule has 0 saturated carbocycles. The van der Waals surface area contributed by atoms with Gasteiger partial charge >= 0.3 is 0 Å². The molecule has 2 amide bonds. The lowest BCUT2D eigenvalue weighted by Gasteiger charge is -2.28. The molecule has 1 aliphatic rings. The molecule has 1 fully saturated rings. The second kappa shape index (κ2) is 7.17. The van der Waals surface area contributed by atoms with Gasteiger partial charge in [-0.2, -0.15) is 0 Å². The van der Waals surface area contributed by atoms with E-state index in [1.807, 2.05) is 6.92 Å². The van der Waals surface area contributed by atoms with Crippen molar-refractivity contribution in [3.05, 3.63) is 35.6 Å². The largest absolute Gasteiger partial charge is 0.351 e. The van der Waals surface area contributed by atoms with E-state index in [2.05, 4.69) is 10.6 Å². The first kappa shape index (κ1) is 15.4. The van der Waals surface area contributed by atoms with Gasteiger partial charge in [-0.1, -0.05) is 12.1 Å². The van der Waals surface area contributed by atoms with Gasteiger partial charge in [-0.15, -0.1) is 0 Å². The van der Waals surface area contributed by atoms with Crippen molar-refractivity contribution in [3.63, 3.8) is 0 Å². The van der Waals surface area contributed by atoms with E-state index in [0.717, 1.165) is 17.0 Å². The number of halogens is 1. The highest BCUT2D eigenvalue weighted by Gasteiger charge is 2.29. The maximum absolute atomic E-state index is 12.8. The first-order chi connectivity index (χ1) is 10.1. The highest BCUT2D eigenvalue weighted by atomic mass is 19.1. The van der Waals surface area contributed by atoms with E-state index in [-0.39, 0.29) is 23.7 Å². The molecule has 1 aliphatic heterocycles. The predicted octanol–water partition coefficient (Wildman–Crippen LogP) is -1.11. The fraction of sp³-hybridized carbons (Fsp3) is 0.467. The molecule has 2 rings (SSSR count). The minimum atomic E-state index is -0.261. The summed E-state index contributed by atoms with van der Waals surface area (Å²) in [5.41, 5.74) is 0.981. The normalized spacial score (nSPS) is 19.7. The third-order valence-electron chi connectivity index (χ3n) is 3.79. The molecular weight excluding hydrogens is 273 g/mol. The first-order valence-corrected chi connectivity index (χ1v) is 7.19. The van der Waals surface area contributed by atoms with E-state index in [0.29, 0.717) is 26.1 Å². The summed E-state index contributed by atoms with van der Waals surface area (Å²) < 4.78 is 12.8. The number of amides is 2. The average Bonchev–Trinajstić information content (AvgIpc) is 2.48. The number of hydrogen-bond acceptors (Lipinski definition) is 2. The Morgan fingerprint density at radius 3 is 2.81 bits per heavy atom. The zero-order valence-electron chi connectivity index (χ0n) is 12.1. The highest BCUT2D eigenvalue weighted by molar-refractivity contribution is 5.81. The molecule has 114 valence electrons. The second-order valence-corrected chi connectivity index (χ2v) is 5.32. The molecule has 1 aromatic rings. The highest BCUT2D eigenvalue weighted by Crippen LogP contribution is 2.02. The van der Waals surface area contributed by atoms with Crippen molar-refractivity contribution in [2.24, 2.45) is 0 Å². The van der Waals surface area contributed by atoms with Crippen LogP contribution in [0.5, 0.6) is 0 Å². The summed E-state index contributed by atoms with van der Waals surface area (Å²) in [5.74, 6) is -0.326. The smallest absolute Gasteiger partial charge is 0.278 e. The molecule has 0 bridgehead atoms. The standard InChI is InChI=1S/C15H20FN3O2/c1-11(19-9-8-17-14(20)10-19)15(21)18-7-6-12-2-4-13(16)5-3-12/h2-5,11H,6-10H2,1H3,(H,17,20)(H,18,21)/p+1/t11-/m0/s1. The lowest BCUT2D eigenvalue weighted by Crippen LogP contribution is -3.19. The van der Waals surface area contributed by atoms with Gasteiger partial charge in [0.25, 0.3) is 11.8 Å². The summed E-state index contributed by atoms with van der Waals surface area (Å²) >= 11 is 0. The zero-order chi connectivity index (χ0) is 15.2. The summed E-state index contributed by atoms with van der Waals surface area (Å²) in [6.45, 7) is 4.06. The molecule has 0 aliphatic carbocycles. The number of piperazine rings is 1. The number of carbonyl (C=O) groups is 2. The van der Waals surface area contributed by atoms with Crippen molar-refractivity contribution in [3.8, 4) is 0 Å². The van der Waals surface area contributed by atoms with Crippen molar-refractivity contribution in [2.75, 3.05) is 26.2 Å². The summed E-state index contributed by atoms with van der Waals surface area (Å²) in [5, 5.41) is 5.63. The van der Waals surface area contributed by atoms with Crippen LogP contribution in [0.25, 0.3) is 0 Å². The van der Waals surface area contributed by atoms with E-state index in [1.165, 1.54) is 12.1 Å². The number of benzene rings is 1. The topological polar surface area (TPSA) is 62.6 Å². The number of hydrogen-bond donors (Lipinski definition) is 3. The van der Waals surface area contributed by atoms with Gasteiger partial charge in [-0.05, 0) is 31.0 Å². The Balaban J connectivity index is 1.75. The number of carbonyl (C=O) groups excluding carboxylic acids is 2. The van der Waals surface area contributed by atoms with E-state index in [9.17, 15) is 14.0 Å². The molecular formula is C15H21FN3O2+. The Morgan fingerprint density at radius 2 is 2.14 bits per heavy atom. The van der Waals surface area contributed by atoms with Crippen LogP contribution in [0.15, 0.2) is 24.3 Å². The molecule has 5 nitrogen and oxygen atoms in total. The lowest BCUT2D eigenvalue weighted by atomic mass is 10.1. The van der Waals surface area contributed by atoms with Gasteiger partial charge in [-0.3, -0.25) is 9.59 Å². The second-order valence-electron chi connectivity index (χ2n) is 5.32. The van der Waals surface area contributed by atoms with Crippen LogP contribution in [0.1, 0.15) is 12.5 Å². The zero-order valence-corrected chi connectivity index (χ0v) is 12.1. The molecule has 0 spiro atoms. The molecule has 1 saturated heterocycles. The van der Waals surface area contributed by atoms with Crippen LogP contribution in [-0.4, -0.2) is 44.0 Å². The van der Waals surface area contributed by atoms with Crippen molar-refractivity contribution >= 4 is 11.8 Å². The van der Waals surface area contributed by atoms with Crippen LogP contribution in [0.3, 0.4) is 0 Å².